The monoisotopic (exact) mass is 932 g/mol. The Bertz CT molecular complexity index is 2800. The normalized spacial score (nSPS) is 12.6. The van der Waals surface area contributed by atoms with Crippen LogP contribution in [-0.4, -0.2) is 88.3 Å². The molecule has 0 saturated carbocycles. The number of rotatable bonds is 19. The Morgan fingerprint density at radius 1 is 0.551 bits per heavy atom. The van der Waals surface area contributed by atoms with Gasteiger partial charge in [-0.05, 0) is 73.7 Å². The summed E-state index contributed by atoms with van der Waals surface area (Å²) < 4.78 is 0. The van der Waals surface area contributed by atoms with Gasteiger partial charge < -0.3 is 42.7 Å². The minimum Gasteiger partial charge on any atom is -0.368 e. The van der Waals surface area contributed by atoms with Crippen molar-refractivity contribution in [1.82, 2.24) is 41.7 Å². The van der Waals surface area contributed by atoms with Crippen LogP contribution in [0.1, 0.15) is 51.9 Å². The van der Waals surface area contributed by atoms with Crippen LogP contribution in [0.2, 0.25) is 0 Å². The number of aromatic nitrogens is 2. The van der Waals surface area contributed by atoms with E-state index in [-0.39, 0.29) is 25.7 Å². The van der Waals surface area contributed by atoms with Crippen LogP contribution in [0.15, 0.2) is 152 Å². The van der Waals surface area contributed by atoms with Crippen molar-refractivity contribution < 1.29 is 28.8 Å². The zero-order valence-corrected chi connectivity index (χ0v) is 38.7. The van der Waals surface area contributed by atoms with Crippen molar-refractivity contribution in [3.8, 4) is 0 Å². The number of amides is 7. The molecule has 2 aromatic heterocycles. The molecule has 0 fully saturated rings. The number of hydrogen-bond acceptors (Lipinski definition) is 7. The largest absolute Gasteiger partial charge is 0.368 e. The van der Waals surface area contributed by atoms with Crippen LogP contribution in [-0.2, 0) is 38.4 Å². The lowest BCUT2D eigenvalue weighted by Crippen LogP contribution is -2.60. The molecule has 358 valence electrons. The van der Waals surface area contributed by atoms with Gasteiger partial charge in [0.25, 0.3) is 11.8 Å². The fourth-order valence-corrected chi connectivity index (χ4v) is 7.75. The van der Waals surface area contributed by atoms with E-state index in [0.29, 0.717) is 30.5 Å². The second-order valence-electron chi connectivity index (χ2n) is 16.7. The quantitative estimate of drug-likeness (QED) is 0.0392. The fourth-order valence-electron chi connectivity index (χ4n) is 7.75. The third-order valence-corrected chi connectivity index (χ3v) is 11.5. The van der Waals surface area contributed by atoms with Gasteiger partial charge in [-0.25, -0.2) is 9.80 Å². The second-order valence-corrected chi connectivity index (χ2v) is 16.7. The summed E-state index contributed by atoms with van der Waals surface area (Å²) >= 11 is 0. The molecule has 69 heavy (non-hydrogen) atoms. The number of urea groups is 1. The van der Waals surface area contributed by atoms with Crippen molar-refractivity contribution in [3.05, 3.63) is 180 Å². The number of unbranched alkanes of at least 4 members (excludes halogenated alkanes) is 1. The van der Waals surface area contributed by atoms with E-state index in [9.17, 15) is 28.8 Å². The van der Waals surface area contributed by atoms with Crippen molar-refractivity contribution in [1.29, 1.82) is 0 Å². The van der Waals surface area contributed by atoms with Crippen molar-refractivity contribution in [3.63, 3.8) is 0 Å². The summed E-state index contributed by atoms with van der Waals surface area (Å²) in [5, 5.41) is 13.6. The maximum absolute atomic E-state index is 14.4. The molecule has 0 aliphatic rings. The lowest BCUT2D eigenvalue weighted by molar-refractivity contribution is -0.132. The molecule has 11 N–H and O–H groups in total. The first-order chi connectivity index (χ1) is 33.4. The molecule has 0 radical (unpaired) electrons. The number of carbonyl (C=O) groups excluding carboxylic acids is 6. The van der Waals surface area contributed by atoms with Crippen molar-refractivity contribution >= 4 is 57.4 Å². The van der Waals surface area contributed by atoms with Crippen molar-refractivity contribution in [2.24, 2.45) is 11.5 Å². The first-order valence-electron chi connectivity index (χ1n) is 22.9. The van der Waals surface area contributed by atoms with E-state index in [1.54, 1.807) is 67.0 Å². The molecule has 4 atom stereocenters. The van der Waals surface area contributed by atoms with Gasteiger partial charge in [0.2, 0.25) is 17.7 Å². The number of nitrogens with one attached hydrogen (secondary N) is 7. The topological polar surface area (TPSA) is 249 Å². The van der Waals surface area contributed by atoms with Gasteiger partial charge in [-0.2, -0.15) is 0 Å². The summed E-state index contributed by atoms with van der Waals surface area (Å²) in [6, 6.07) is 37.3. The Morgan fingerprint density at radius 3 is 1.55 bits per heavy atom. The highest BCUT2D eigenvalue weighted by Crippen LogP contribution is 2.21. The van der Waals surface area contributed by atoms with E-state index >= 15 is 0 Å². The molecule has 2 heterocycles. The molecule has 0 aliphatic heterocycles. The van der Waals surface area contributed by atoms with Crippen LogP contribution in [0.5, 0.6) is 0 Å². The molecule has 7 aromatic rings. The van der Waals surface area contributed by atoms with Crippen LogP contribution < -0.4 is 38.2 Å². The van der Waals surface area contributed by atoms with Gasteiger partial charge in [0.05, 0.1) is 0 Å². The highest BCUT2D eigenvalue weighted by molar-refractivity contribution is 5.99. The number of hydrazine groups is 1. The summed E-state index contributed by atoms with van der Waals surface area (Å²) in [7, 11) is 1.32. The van der Waals surface area contributed by atoms with E-state index in [1.807, 2.05) is 72.8 Å². The van der Waals surface area contributed by atoms with E-state index in [1.165, 1.54) is 12.6 Å². The number of nitrogens with zero attached hydrogens (tertiary/aromatic N) is 1. The molecule has 7 amide bonds. The molecule has 0 saturated heterocycles. The van der Waals surface area contributed by atoms with Crippen LogP contribution in [0, 0.1) is 6.92 Å². The first-order valence-corrected chi connectivity index (χ1v) is 22.9. The van der Waals surface area contributed by atoms with E-state index in [4.69, 9.17) is 11.5 Å². The smallest absolute Gasteiger partial charge is 0.336 e. The average Bonchev–Trinajstić information content (AvgIpc) is 3.97. The standard InChI is InChI=1S/C46H52N10O6.C7H8/c1-56(55-45(61)40(52-42(58)30-16-6-3-7-17-30)26-32-28-50-36-21-11-9-19-34(32)36)46(62)54-39(25-31-27-49-35-20-10-8-18-33(31)35)44(60)53-38(24-29-14-4-2-5-15-29)43(59)51-37(41(48)57)22-12-13-23-47;1-7-5-3-2-4-6-7/h2-11,14-21,27-28,37-40,49-50H,12-13,22-26,47H2,1H3,(H2,48,57)(H,51,59)(H,52,58)(H,53,60)(H,54,62)(H,55,61);2-6H,1H3/t37-,38+,39-,40+;/m0./s1. The SMILES string of the molecule is CN(NC(=O)[C@@H](Cc1c[nH]c2ccccc12)NC(=O)c1ccccc1)C(=O)N[C@@H](Cc1c[nH]c2ccccc12)C(=O)N[C@H](Cc1ccccc1)C(=O)N[C@@H](CCCCN)C(N)=O.Cc1ccccc1. The zero-order valence-electron chi connectivity index (χ0n) is 38.7. The Hall–Kier alpha value is -8.24. The molecular weight excluding hydrogens is 873 g/mol. The molecule has 0 unspecified atom stereocenters. The Balaban J connectivity index is 0.00000102. The molecule has 0 aliphatic carbocycles. The van der Waals surface area contributed by atoms with Crippen LogP contribution in [0.25, 0.3) is 21.8 Å². The highest BCUT2D eigenvalue weighted by Gasteiger charge is 2.32. The Kier molecular flexibility index (Phi) is 18.2. The molecule has 16 heteroatoms. The van der Waals surface area contributed by atoms with Crippen molar-refractivity contribution in [2.75, 3.05) is 13.6 Å². The van der Waals surface area contributed by atoms with E-state index < -0.39 is 59.7 Å². The molecule has 7 rings (SSSR count). The van der Waals surface area contributed by atoms with Crippen LogP contribution >= 0.6 is 0 Å². The first kappa shape index (κ1) is 50.2. The van der Waals surface area contributed by atoms with Gasteiger partial charge >= 0.3 is 6.03 Å². The van der Waals surface area contributed by atoms with Gasteiger partial charge in [0.1, 0.15) is 24.2 Å². The van der Waals surface area contributed by atoms with Gasteiger partial charge in [-0.3, -0.25) is 29.4 Å². The number of nitrogens with two attached hydrogens (primary N) is 2. The minimum absolute atomic E-state index is 0.0115. The summed E-state index contributed by atoms with van der Waals surface area (Å²) in [6.45, 7) is 2.49. The Labute approximate surface area is 401 Å². The highest BCUT2D eigenvalue weighted by atomic mass is 16.2. The third kappa shape index (κ3) is 14.6. The fraction of sp³-hybridized carbons (Fsp3) is 0.245. The number of primary amides is 1. The van der Waals surface area contributed by atoms with Gasteiger partial charge in [0.15, 0.2) is 0 Å². The zero-order chi connectivity index (χ0) is 49.1. The minimum atomic E-state index is -1.27. The molecule has 16 nitrogen and oxygen atoms in total. The lowest BCUT2D eigenvalue weighted by atomic mass is 10.0. The van der Waals surface area contributed by atoms with Gasteiger partial charge in [-0.1, -0.05) is 121 Å². The molecule has 0 spiro atoms. The van der Waals surface area contributed by atoms with Gasteiger partial charge in [-0.15, -0.1) is 0 Å². The summed E-state index contributed by atoms with van der Waals surface area (Å²) in [5.41, 5.74) is 19.4. The number of H-pyrrole nitrogens is 2. The van der Waals surface area contributed by atoms with Crippen LogP contribution in [0.4, 0.5) is 4.79 Å². The maximum Gasteiger partial charge on any atom is 0.336 e. The molecule has 0 bridgehead atoms. The lowest BCUT2D eigenvalue weighted by Gasteiger charge is -2.27. The molecular formula is C53H60N10O6. The number of fused-ring (bicyclic) bond motifs is 2. The maximum atomic E-state index is 14.4. The van der Waals surface area contributed by atoms with E-state index in [2.05, 4.69) is 55.7 Å². The average molecular weight is 933 g/mol. The summed E-state index contributed by atoms with van der Waals surface area (Å²) in [4.78, 5) is 88.3. The van der Waals surface area contributed by atoms with Crippen LogP contribution in [0.3, 0.4) is 0 Å². The summed E-state index contributed by atoms with van der Waals surface area (Å²) in [6.07, 6.45) is 5.08. The summed E-state index contributed by atoms with van der Waals surface area (Å²) in [5.74, 6) is -3.24. The number of aryl methyl sites for hydroxylation is 1. The number of carbonyl (C=O) groups is 6. The Morgan fingerprint density at radius 2 is 1.03 bits per heavy atom. The molecule has 5 aromatic carbocycles. The number of hydrogen-bond donors (Lipinski definition) is 9. The van der Waals surface area contributed by atoms with Gasteiger partial charge in [0, 0.05) is 66.1 Å². The third-order valence-electron chi connectivity index (χ3n) is 11.5. The second kappa shape index (κ2) is 25.0. The number of aromatic amines is 2. The van der Waals surface area contributed by atoms with E-state index in [0.717, 1.165) is 37.9 Å². The predicted octanol–water partition coefficient (Wildman–Crippen LogP) is 5.10. The number of benzene rings is 5. The predicted molar refractivity (Wildman–Crippen MR) is 267 cm³/mol. The number of para-hydroxylation sites is 2. The van der Waals surface area contributed by atoms with Crippen molar-refractivity contribution in [2.45, 2.75) is 69.6 Å².